The summed E-state index contributed by atoms with van der Waals surface area (Å²) in [7, 11) is 3.40. The molecule has 0 aromatic heterocycles. The minimum absolute atomic E-state index is 0. The molecule has 0 aliphatic carbocycles. The number of carbonyl (C=O) groups excluding carboxylic acids is 1. The van der Waals surface area contributed by atoms with Crippen molar-refractivity contribution < 1.29 is 13.9 Å². The van der Waals surface area contributed by atoms with Gasteiger partial charge < -0.3 is 20.3 Å². The Morgan fingerprint density at radius 1 is 1.38 bits per heavy atom. The van der Waals surface area contributed by atoms with Crippen LogP contribution >= 0.6 is 35.6 Å². The summed E-state index contributed by atoms with van der Waals surface area (Å²) < 4.78 is 19.0. The van der Waals surface area contributed by atoms with E-state index in [1.165, 1.54) is 17.0 Å². The summed E-state index contributed by atoms with van der Waals surface area (Å²) in [6.07, 6.45) is 2.21. The molecule has 1 saturated heterocycles. The lowest BCUT2D eigenvalue weighted by molar-refractivity contribution is -0.127. The van der Waals surface area contributed by atoms with Gasteiger partial charge in [-0.05, 0) is 30.5 Å². The maximum Gasteiger partial charge on any atom is 0.243 e. The summed E-state index contributed by atoms with van der Waals surface area (Å²) in [4.78, 5) is 17.8. The Balaban J connectivity index is 0.00000420. The Kier molecular flexibility index (Phi) is 10.6. The van der Waals surface area contributed by atoms with Crippen LogP contribution in [0.4, 0.5) is 4.39 Å². The van der Waals surface area contributed by atoms with E-state index in [9.17, 15) is 9.18 Å². The minimum atomic E-state index is -0.372. The van der Waals surface area contributed by atoms with Gasteiger partial charge >= 0.3 is 0 Å². The third-order valence-electron chi connectivity index (χ3n) is 4.75. The van der Waals surface area contributed by atoms with Crippen molar-refractivity contribution in [3.05, 3.63) is 34.6 Å². The van der Waals surface area contributed by atoms with E-state index in [1.54, 1.807) is 20.2 Å². The van der Waals surface area contributed by atoms with Crippen LogP contribution in [0.1, 0.15) is 32.3 Å². The molecule has 1 atom stereocenters. The molecule has 1 aliphatic rings. The number of nitrogens with zero attached hydrogens (tertiary/aromatic N) is 2. The number of guanidine groups is 1. The molecule has 1 aromatic rings. The van der Waals surface area contributed by atoms with Gasteiger partial charge in [0, 0.05) is 44.2 Å². The fraction of sp³-hybridized carbons (Fsp3) is 0.600. The highest BCUT2D eigenvalue weighted by molar-refractivity contribution is 14.0. The van der Waals surface area contributed by atoms with Gasteiger partial charge in [0.15, 0.2) is 5.96 Å². The number of hydrogen-bond donors (Lipinski definition) is 2. The fourth-order valence-corrected chi connectivity index (χ4v) is 3.34. The van der Waals surface area contributed by atoms with E-state index in [2.05, 4.69) is 15.6 Å². The summed E-state index contributed by atoms with van der Waals surface area (Å²) in [5, 5.41) is 6.92. The van der Waals surface area contributed by atoms with E-state index in [0.717, 1.165) is 25.0 Å². The largest absolute Gasteiger partial charge is 0.376 e. The van der Waals surface area contributed by atoms with Crippen LogP contribution in [0.15, 0.2) is 23.2 Å². The SMILES string of the molecule is CN(C)C(=O)CN=C(NCC1CCCO1)NCC(C)(C)c1ccc(F)cc1Cl.I. The number of aliphatic imine (C=N–C) groups is 1. The Hall–Kier alpha value is -1.13. The monoisotopic (exact) mass is 540 g/mol. The Morgan fingerprint density at radius 2 is 2.10 bits per heavy atom. The number of rotatable bonds is 7. The number of likely N-dealkylation sites (N-methyl/N-ethyl adjacent to an activating group) is 1. The molecular formula is C20H31ClFIN4O2. The quantitative estimate of drug-likeness (QED) is 0.317. The van der Waals surface area contributed by atoms with Crippen LogP contribution in [0.3, 0.4) is 0 Å². The van der Waals surface area contributed by atoms with E-state index in [4.69, 9.17) is 16.3 Å². The second-order valence-corrected chi connectivity index (χ2v) is 8.24. The van der Waals surface area contributed by atoms with Gasteiger partial charge in [-0.3, -0.25) is 4.79 Å². The summed E-state index contributed by atoms with van der Waals surface area (Å²) in [5.74, 6) is 0.0938. The molecule has 1 fully saturated rings. The first-order chi connectivity index (χ1) is 13.2. The molecule has 1 unspecified atom stereocenters. The smallest absolute Gasteiger partial charge is 0.243 e. The van der Waals surface area contributed by atoms with E-state index in [-0.39, 0.29) is 53.8 Å². The van der Waals surface area contributed by atoms with Crippen LogP contribution in [0.2, 0.25) is 5.02 Å². The van der Waals surface area contributed by atoms with Crippen molar-refractivity contribution in [3.8, 4) is 0 Å². The van der Waals surface area contributed by atoms with Crippen LogP contribution in [0.25, 0.3) is 0 Å². The van der Waals surface area contributed by atoms with Crippen molar-refractivity contribution in [2.45, 2.75) is 38.2 Å². The highest BCUT2D eigenvalue weighted by Crippen LogP contribution is 2.29. The fourth-order valence-electron chi connectivity index (χ4n) is 2.92. The molecule has 0 spiro atoms. The van der Waals surface area contributed by atoms with Crippen LogP contribution in [0.5, 0.6) is 0 Å². The third kappa shape index (κ3) is 8.25. The second kappa shape index (κ2) is 11.9. The highest BCUT2D eigenvalue weighted by Gasteiger charge is 2.24. The predicted octanol–water partition coefficient (Wildman–Crippen LogP) is 3.18. The maximum absolute atomic E-state index is 13.4. The topological polar surface area (TPSA) is 66.0 Å². The summed E-state index contributed by atoms with van der Waals surface area (Å²) >= 11 is 6.23. The molecule has 1 amide bonds. The van der Waals surface area contributed by atoms with E-state index >= 15 is 0 Å². The number of nitrogens with one attached hydrogen (secondary N) is 2. The molecule has 2 rings (SSSR count). The van der Waals surface area contributed by atoms with Crippen molar-refractivity contribution in [2.75, 3.05) is 40.3 Å². The summed E-state index contributed by atoms with van der Waals surface area (Å²) in [6, 6.07) is 4.42. The molecule has 164 valence electrons. The first-order valence-electron chi connectivity index (χ1n) is 9.48. The first-order valence-corrected chi connectivity index (χ1v) is 9.86. The molecule has 1 aromatic carbocycles. The van der Waals surface area contributed by atoms with Crippen LogP contribution in [0, 0.1) is 5.82 Å². The highest BCUT2D eigenvalue weighted by atomic mass is 127. The zero-order valence-corrected chi connectivity index (χ0v) is 20.5. The Morgan fingerprint density at radius 3 is 2.69 bits per heavy atom. The molecule has 1 heterocycles. The predicted molar refractivity (Wildman–Crippen MR) is 126 cm³/mol. The van der Waals surface area contributed by atoms with Crippen molar-refractivity contribution in [2.24, 2.45) is 4.99 Å². The van der Waals surface area contributed by atoms with E-state index in [1.807, 2.05) is 13.8 Å². The lowest BCUT2D eigenvalue weighted by Gasteiger charge is -2.28. The molecule has 0 bridgehead atoms. The minimum Gasteiger partial charge on any atom is -0.376 e. The van der Waals surface area contributed by atoms with Crippen LogP contribution in [-0.4, -0.2) is 63.2 Å². The maximum atomic E-state index is 13.4. The third-order valence-corrected chi connectivity index (χ3v) is 5.06. The number of carbonyl (C=O) groups is 1. The van der Waals surface area contributed by atoms with Gasteiger partial charge in [0.2, 0.25) is 5.91 Å². The normalized spacial score (nSPS) is 16.9. The molecule has 2 N–H and O–H groups in total. The number of hydrogen-bond acceptors (Lipinski definition) is 3. The number of halogens is 3. The standard InChI is InChI=1S/C20H30ClFN4O2.HI/c1-20(2,16-8-7-14(22)10-17(16)21)13-25-19(24-12-18(27)26(3)4)23-11-15-6-5-9-28-15;/h7-8,10,15H,5-6,9,11-13H2,1-4H3,(H2,23,24,25);1H. The van der Waals surface area contributed by atoms with Gasteiger partial charge in [-0.25, -0.2) is 9.38 Å². The van der Waals surface area contributed by atoms with E-state index < -0.39 is 0 Å². The van der Waals surface area contributed by atoms with Gasteiger partial charge in [-0.2, -0.15) is 0 Å². The Labute approximate surface area is 194 Å². The molecule has 29 heavy (non-hydrogen) atoms. The molecule has 0 radical (unpaired) electrons. The van der Waals surface area contributed by atoms with Crippen molar-refractivity contribution in [1.82, 2.24) is 15.5 Å². The van der Waals surface area contributed by atoms with Crippen molar-refractivity contribution in [1.29, 1.82) is 0 Å². The number of ether oxygens (including phenoxy) is 1. The lowest BCUT2D eigenvalue weighted by atomic mass is 9.84. The molecule has 0 saturated carbocycles. The van der Waals surface area contributed by atoms with Crippen LogP contribution in [-0.2, 0) is 14.9 Å². The molecule has 6 nitrogen and oxygen atoms in total. The Bertz CT molecular complexity index is 710. The summed E-state index contributed by atoms with van der Waals surface area (Å²) in [5.41, 5.74) is 0.466. The van der Waals surface area contributed by atoms with Gasteiger partial charge in [0.05, 0.1) is 6.10 Å². The molecule has 1 aliphatic heterocycles. The average molecular weight is 541 g/mol. The second-order valence-electron chi connectivity index (χ2n) is 7.83. The average Bonchev–Trinajstić information content (AvgIpc) is 3.13. The van der Waals surface area contributed by atoms with Gasteiger partial charge in [-0.1, -0.05) is 31.5 Å². The van der Waals surface area contributed by atoms with Crippen molar-refractivity contribution >= 4 is 47.4 Å². The van der Waals surface area contributed by atoms with E-state index in [0.29, 0.717) is 24.1 Å². The summed E-state index contributed by atoms with van der Waals surface area (Å²) in [6.45, 7) is 5.99. The molecule has 9 heteroatoms. The zero-order valence-electron chi connectivity index (χ0n) is 17.4. The van der Waals surface area contributed by atoms with Gasteiger partial charge in [0.1, 0.15) is 12.4 Å². The van der Waals surface area contributed by atoms with Crippen molar-refractivity contribution in [3.63, 3.8) is 0 Å². The lowest BCUT2D eigenvalue weighted by Crippen LogP contribution is -2.46. The zero-order chi connectivity index (χ0) is 20.7. The van der Waals surface area contributed by atoms with Crippen LogP contribution < -0.4 is 10.6 Å². The van der Waals surface area contributed by atoms with Gasteiger partial charge in [-0.15, -0.1) is 24.0 Å². The number of amides is 1. The number of benzene rings is 1. The molecular weight excluding hydrogens is 510 g/mol. The first kappa shape index (κ1) is 25.9. The van der Waals surface area contributed by atoms with Gasteiger partial charge in [0.25, 0.3) is 0 Å².